The summed E-state index contributed by atoms with van der Waals surface area (Å²) in [6, 6.07) is 16.9. The Morgan fingerprint density at radius 1 is 0.789 bits per heavy atom. The van der Waals surface area contributed by atoms with Crippen LogP contribution in [0.3, 0.4) is 0 Å². The van der Waals surface area contributed by atoms with Gasteiger partial charge in [-0.3, -0.25) is 14.4 Å². The summed E-state index contributed by atoms with van der Waals surface area (Å²) in [5.74, 6) is -1.54. The van der Waals surface area contributed by atoms with Crippen molar-refractivity contribution in [3.8, 4) is 0 Å². The molecule has 0 unspecified atom stereocenters. The first-order valence-corrected chi connectivity index (χ1v) is 15.2. The van der Waals surface area contributed by atoms with E-state index >= 15 is 0 Å². The topological polar surface area (TPSA) is 111 Å². The molecule has 38 heavy (non-hydrogen) atoms. The Hall–Kier alpha value is -2.57. The summed E-state index contributed by atoms with van der Waals surface area (Å²) in [4.78, 5) is 39.1. The number of rotatable bonds is 12. The predicted molar refractivity (Wildman–Crippen MR) is 159 cm³/mol. The van der Waals surface area contributed by atoms with E-state index in [0.29, 0.717) is 6.61 Å². The molecule has 2 heterocycles. The summed E-state index contributed by atoms with van der Waals surface area (Å²) in [6.07, 6.45) is 0.514. The van der Waals surface area contributed by atoms with Crippen LogP contribution in [-0.4, -0.2) is 43.0 Å². The van der Waals surface area contributed by atoms with Gasteiger partial charge in [0.25, 0.3) is 0 Å². The van der Waals surface area contributed by atoms with Gasteiger partial charge in [0.15, 0.2) is 0 Å². The van der Waals surface area contributed by atoms with E-state index in [4.69, 9.17) is 10.5 Å². The Morgan fingerprint density at radius 3 is 2.00 bits per heavy atom. The fourth-order valence-electron chi connectivity index (χ4n) is 3.63. The predicted octanol–water partition coefficient (Wildman–Crippen LogP) is 4.34. The third-order valence-corrected chi connectivity index (χ3v) is 10.5. The zero-order valence-electron chi connectivity index (χ0n) is 20.3. The van der Waals surface area contributed by atoms with Crippen LogP contribution in [0, 0.1) is 0 Å². The Morgan fingerprint density at radius 2 is 1.39 bits per heavy atom. The summed E-state index contributed by atoms with van der Waals surface area (Å²) >= 11 is 6.71. The van der Waals surface area contributed by atoms with Gasteiger partial charge in [0.2, 0.25) is 17.7 Å². The molecule has 4 N–H and O–H groups in total. The highest BCUT2D eigenvalue weighted by Gasteiger charge is 2.26. The molecular weight excluding hydrogens is 559 g/mol. The molecule has 2 aromatic carbocycles. The van der Waals surface area contributed by atoms with Gasteiger partial charge in [-0.2, -0.15) is 0 Å². The fourth-order valence-corrected chi connectivity index (χ4v) is 8.04. The van der Waals surface area contributed by atoms with E-state index in [1.165, 1.54) is 8.47 Å². The molecule has 0 radical (unpaired) electrons. The Labute approximate surface area is 238 Å². The first-order valence-electron chi connectivity index (χ1n) is 11.8. The van der Waals surface area contributed by atoms with Crippen LogP contribution in [0.15, 0.2) is 90.3 Å². The number of ether oxygens (including phenoxy) is 1. The van der Waals surface area contributed by atoms with Gasteiger partial charge in [0.1, 0.15) is 18.7 Å². The Balaban J connectivity index is 1.33. The molecule has 198 valence electrons. The lowest BCUT2D eigenvalue weighted by Crippen LogP contribution is -2.54. The molecular formula is C27H27N3O4S4. The number of thioether (sulfide) groups is 4. The number of carbonyl (C=O) groups is 3. The van der Waals surface area contributed by atoms with Crippen LogP contribution in [0.1, 0.15) is 11.1 Å². The van der Waals surface area contributed by atoms with Gasteiger partial charge in [0, 0.05) is 17.7 Å². The van der Waals surface area contributed by atoms with Crippen molar-refractivity contribution >= 4 is 64.8 Å². The van der Waals surface area contributed by atoms with Crippen LogP contribution in [-0.2, 0) is 32.0 Å². The number of carbonyl (C=O) groups excluding carboxylic acids is 3. The van der Waals surface area contributed by atoms with Crippen molar-refractivity contribution in [2.45, 2.75) is 24.9 Å². The first-order chi connectivity index (χ1) is 18.5. The maximum Gasteiger partial charge on any atom is 0.246 e. The third-order valence-electron chi connectivity index (χ3n) is 5.45. The molecule has 2 aliphatic rings. The quantitative estimate of drug-likeness (QED) is 0.338. The van der Waals surface area contributed by atoms with Crippen LogP contribution in [0.25, 0.3) is 0 Å². The number of hydrogen-bond donors (Lipinski definition) is 3. The standard InChI is InChI=1S/C27H27N3O4S4/c28-24(32)21(13-18-7-3-1-4-8-18)30-25(33)22(14-19-9-5-2-6-10-19)29-23(31)16-34-15-20-17-37-27(38-20)26-35-11-12-36-26/h1-12,17,21-22H,13-16H2,(H2,28,32)(H,29,31)(H,30,33)/t21-,22-/m0/s1. The number of nitrogens with two attached hydrogens (primary N) is 1. The highest BCUT2D eigenvalue weighted by atomic mass is 32.2. The molecule has 2 aliphatic heterocycles. The molecule has 2 aromatic rings. The normalized spacial score (nSPS) is 16.2. The van der Waals surface area contributed by atoms with Gasteiger partial charge in [0.05, 0.1) is 15.1 Å². The molecule has 0 spiro atoms. The largest absolute Gasteiger partial charge is 0.368 e. The minimum absolute atomic E-state index is 0.193. The van der Waals surface area contributed by atoms with E-state index in [-0.39, 0.29) is 19.4 Å². The van der Waals surface area contributed by atoms with Gasteiger partial charge in [-0.25, -0.2) is 0 Å². The van der Waals surface area contributed by atoms with Crippen molar-refractivity contribution in [1.82, 2.24) is 10.6 Å². The van der Waals surface area contributed by atoms with Crippen LogP contribution in [0.2, 0.25) is 0 Å². The molecule has 3 amide bonds. The van der Waals surface area contributed by atoms with Gasteiger partial charge in [-0.15, -0.1) is 0 Å². The Bertz CT molecular complexity index is 1230. The molecule has 0 fully saturated rings. The monoisotopic (exact) mass is 585 g/mol. The molecule has 0 bridgehead atoms. The van der Waals surface area contributed by atoms with E-state index in [2.05, 4.69) is 21.4 Å². The van der Waals surface area contributed by atoms with E-state index in [1.54, 1.807) is 47.0 Å². The molecule has 0 aromatic heterocycles. The van der Waals surface area contributed by atoms with Crippen LogP contribution in [0.4, 0.5) is 0 Å². The molecule has 0 aliphatic carbocycles. The van der Waals surface area contributed by atoms with Gasteiger partial charge in [-0.1, -0.05) is 108 Å². The number of benzene rings is 2. The smallest absolute Gasteiger partial charge is 0.246 e. The molecule has 7 nitrogen and oxygen atoms in total. The zero-order valence-corrected chi connectivity index (χ0v) is 23.6. The zero-order chi connectivity index (χ0) is 26.7. The number of amides is 3. The number of nitrogens with one attached hydrogen (secondary N) is 2. The second-order valence-electron chi connectivity index (χ2n) is 8.34. The minimum atomic E-state index is -0.908. The van der Waals surface area contributed by atoms with E-state index in [0.717, 1.165) is 16.0 Å². The number of primary amides is 1. The summed E-state index contributed by atoms with van der Waals surface area (Å²) < 4.78 is 8.11. The second kappa shape index (κ2) is 14.5. The van der Waals surface area contributed by atoms with Crippen molar-refractivity contribution in [3.05, 3.63) is 101 Å². The average Bonchev–Trinajstić information content (AvgIpc) is 3.62. The van der Waals surface area contributed by atoms with Gasteiger partial charge < -0.3 is 21.1 Å². The highest BCUT2D eigenvalue weighted by molar-refractivity contribution is 8.33. The van der Waals surface area contributed by atoms with Crippen molar-refractivity contribution in [2.24, 2.45) is 5.73 Å². The first kappa shape index (κ1) is 28.4. The van der Waals surface area contributed by atoms with Crippen LogP contribution >= 0.6 is 47.0 Å². The lowest BCUT2D eigenvalue weighted by molar-refractivity contribution is -0.132. The minimum Gasteiger partial charge on any atom is -0.368 e. The van der Waals surface area contributed by atoms with Crippen molar-refractivity contribution in [2.75, 3.05) is 13.2 Å². The number of hydrogen-bond acceptors (Lipinski definition) is 8. The van der Waals surface area contributed by atoms with Gasteiger partial charge >= 0.3 is 0 Å². The maximum atomic E-state index is 13.2. The lowest BCUT2D eigenvalue weighted by Gasteiger charge is -2.22. The van der Waals surface area contributed by atoms with E-state index in [9.17, 15) is 14.4 Å². The van der Waals surface area contributed by atoms with Crippen molar-refractivity contribution in [3.63, 3.8) is 0 Å². The summed E-state index contributed by atoms with van der Waals surface area (Å²) in [7, 11) is 0. The van der Waals surface area contributed by atoms with Crippen LogP contribution in [0.5, 0.6) is 0 Å². The Kier molecular flexibility index (Phi) is 10.9. The van der Waals surface area contributed by atoms with E-state index in [1.807, 2.05) is 66.1 Å². The molecule has 4 rings (SSSR count). The SMILES string of the molecule is NC(=O)[C@H](Cc1ccccc1)NC(=O)[C@H](Cc1ccccc1)NC(=O)COCC1=CSC(=C2SC=CS2)S1. The second-order valence-corrected chi connectivity index (χ2v) is 12.7. The summed E-state index contributed by atoms with van der Waals surface area (Å²) in [6.45, 7) is 0.113. The molecule has 11 heteroatoms. The molecule has 0 saturated heterocycles. The van der Waals surface area contributed by atoms with Gasteiger partial charge in [-0.05, 0) is 27.4 Å². The fraction of sp³-hybridized carbons (Fsp3) is 0.222. The maximum absolute atomic E-state index is 13.2. The summed E-state index contributed by atoms with van der Waals surface area (Å²) in [5, 5.41) is 11.6. The van der Waals surface area contributed by atoms with E-state index < -0.39 is 29.8 Å². The third kappa shape index (κ3) is 8.74. The van der Waals surface area contributed by atoms with Crippen molar-refractivity contribution in [1.29, 1.82) is 0 Å². The van der Waals surface area contributed by atoms with Crippen LogP contribution < -0.4 is 16.4 Å². The highest BCUT2D eigenvalue weighted by Crippen LogP contribution is 2.53. The summed E-state index contributed by atoms with van der Waals surface area (Å²) in [5.41, 5.74) is 7.32. The molecule has 0 saturated carbocycles. The molecule has 2 atom stereocenters. The lowest BCUT2D eigenvalue weighted by atomic mass is 10.0. The average molecular weight is 586 g/mol. The van der Waals surface area contributed by atoms with Crippen molar-refractivity contribution < 1.29 is 19.1 Å².